The molecular weight excluding hydrogens is 224 g/mol. The first kappa shape index (κ1) is 10.5. The molecule has 1 aromatic carbocycles. The fraction of sp³-hybridized carbons (Fsp3) is 0.0667. The van der Waals surface area contributed by atoms with Gasteiger partial charge in [0, 0.05) is 10.9 Å². The van der Waals surface area contributed by atoms with Crippen molar-refractivity contribution in [2.24, 2.45) is 0 Å². The number of fused-ring (bicyclic) bond motifs is 1. The summed E-state index contributed by atoms with van der Waals surface area (Å²) in [5.74, 6) is 0. The number of aromatic nitrogens is 1. The number of pyridine rings is 1. The molecule has 0 N–H and O–H groups in total. The van der Waals surface area contributed by atoms with Gasteiger partial charge in [-0.15, -0.1) is 0 Å². The fourth-order valence-corrected chi connectivity index (χ4v) is 2.05. The zero-order chi connectivity index (χ0) is 12.5. The van der Waals surface area contributed by atoms with E-state index < -0.39 is 0 Å². The highest BCUT2D eigenvalue weighted by molar-refractivity contribution is 5.95. The first-order valence-electron chi connectivity index (χ1n) is 5.62. The van der Waals surface area contributed by atoms with Gasteiger partial charge in [0.25, 0.3) is 0 Å². The highest BCUT2D eigenvalue weighted by atomic mass is 16.3. The molecule has 86 valence electrons. The average Bonchev–Trinajstić information content (AvgIpc) is 2.90. The van der Waals surface area contributed by atoms with Gasteiger partial charge in [0.05, 0.1) is 18.0 Å². The molecule has 0 radical (unpaired) electrons. The van der Waals surface area contributed by atoms with Gasteiger partial charge in [0.1, 0.15) is 11.8 Å². The lowest BCUT2D eigenvalue weighted by Gasteiger charge is -2.05. The van der Waals surface area contributed by atoms with Crippen LogP contribution >= 0.6 is 0 Å². The Hall–Kier alpha value is -2.60. The van der Waals surface area contributed by atoms with E-state index in [0.29, 0.717) is 5.69 Å². The van der Waals surface area contributed by atoms with E-state index in [4.69, 9.17) is 9.68 Å². The predicted octanol–water partition coefficient (Wildman–Crippen LogP) is 3.67. The Kier molecular flexibility index (Phi) is 2.35. The molecule has 3 aromatic rings. The second-order valence-corrected chi connectivity index (χ2v) is 4.20. The van der Waals surface area contributed by atoms with Crippen LogP contribution in [0.5, 0.6) is 0 Å². The SMILES string of the molecule is Cc1ccc2c(-c3ccoc3)cc(C#N)nc2c1. The van der Waals surface area contributed by atoms with Crippen LogP contribution < -0.4 is 0 Å². The fourth-order valence-electron chi connectivity index (χ4n) is 2.05. The van der Waals surface area contributed by atoms with Crippen LogP contribution in [0, 0.1) is 18.3 Å². The van der Waals surface area contributed by atoms with Crippen molar-refractivity contribution in [3.63, 3.8) is 0 Å². The summed E-state index contributed by atoms with van der Waals surface area (Å²) in [4.78, 5) is 4.33. The molecular formula is C15H10N2O. The summed E-state index contributed by atoms with van der Waals surface area (Å²) in [6, 6.07) is 11.8. The smallest absolute Gasteiger partial charge is 0.141 e. The van der Waals surface area contributed by atoms with Gasteiger partial charge in [-0.2, -0.15) is 5.26 Å². The average molecular weight is 234 g/mol. The van der Waals surface area contributed by atoms with Crippen molar-refractivity contribution in [3.05, 3.63) is 54.1 Å². The Bertz CT molecular complexity index is 752. The van der Waals surface area contributed by atoms with Gasteiger partial charge >= 0.3 is 0 Å². The third kappa shape index (κ3) is 1.64. The van der Waals surface area contributed by atoms with E-state index in [0.717, 1.165) is 27.6 Å². The van der Waals surface area contributed by atoms with Crippen LogP contribution in [0.4, 0.5) is 0 Å². The van der Waals surface area contributed by atoms with E-state index in [1.807, 2.05) is 31.2 Å². The summed E-state index contributed by atoms with van der Waals surface area (Å²) >= 11 is 0. The molecule has 0 spiro atoms. The first-order valence-corrected chi connectivity index (χ1v) is 5.62. The monoisotopic (exact) mass is 234 g/mol. The van der Waals surface area contributed by atoms with Crippen LogP contribution in [0.25, 0.3) is 22.0 Å². The summed E-state index contributed by atoms with van der Waals surface area (Å²) in [5.41, 5.74) is 4.32. The minimum atomic E-state index is 0.421. The van der Waals surface area contributed by atoms with Crippen LogP contribution in [0.2, 0.25) is 0 Å². The summed E-state index contributed by atoms with van der Waals surface area (Å²) < 4.78 is 5.11. The predicted molar refractivity (Wildman–Crippen MR) is 68.9 cm³/mol. The van der Waals surface area contributed by atoms with Crippen molar-refractivity contribution < 1.29 is 4.42 Å². The maximum absolute atomic E-state index is 9.05. The molecule has 0 saturated heterocycles. The van der Waals surface area contributed by atoms with Crippen molar-refractivity contribution >= 4 is 10.9 Å². The van der Waals surface area contributed by atoms with E-state index in [2.05, 4.69) is 11.1 Å². The quantitative estimate of drug-likeness (QED) is 0.645. The van der Waals surface area contributed by atoms with Crippen molar-refractivity contribution in [2.75, 3.05) is 0 Å². The molecule has 0 amide bonds. The zero-order valence-electron chi connectivity index (χ0n) is 9.84. The summed E-state index contributed by atoms with van der Waals surface area (Å²) in [7, 11) is 0. The Morgan fingerprint density at radius 2 is 2.11 bits per heavy atom. The minimum absolute atomic E-state index is 0.421. The maximum Gasteiger partial charge on any atom is 0.141 e. The molecule has 0 aliphatic rings. The van der Waals surface area contributed by atoms with Crippen molar-refractivity contribution in [2.45, 2.75) is 6.92 Å². The highest BCUT2D eigenvalue weighted by Gasteiger charge is 2.08. The Morgan fingerprint density at radius 1 is 1.22 bits per heavy atom. The highest BCUT2D eigenvalue weighted by Crippen LogP contribution is 2.29. The largest absolute Gasteiger partial charge is 0.472 e. The van der Waals surface area contributed by atoms with Gasteiger partial charge < -0.3 is 4.42 Å². The third-order valence-electron chi connectivity index (χ3n) is 2.91. The molecule has 3 heteroatoms. The van der Waals surface area contributed by atoms with Crippen molar-refractivity contribution in [1.82, 2.24) is 4.98 Å². The summed E-state index contributed by atoms with van der Waals surface area (Å²) in [6.07, 6.45) is 3.30. The molecule has 0 aliphatic heterocycles. The normalized spacial score (nSPS) is 10.4. The van der Waals surface area contributed by atoms with E-state index in [1.165, 1.54) is 0 Å². The number of hydrogen-bond donors (Lipinski definition) is 0. The lowest BCUT2D eigenvalue weighted by Crippen LogP contribution is -1.89. The second kappa shape index (κ2) is 4.01. The molecule has 0 atom stereocenters. The summed E-state index contributed by atoms with van der Waals surface area (Å²) in [5, 5.41) is 10.1. The molecule has 0 saturated carbocycles. The van der Waals surface area contributed by atoms with Gasteiger partial charge in [-0.3, -0.25) is 0 Å². The molecule has 2 heterocycles. The lowest BCUT2D eigenvalue weighted by atomic mass is 10.0. The Balaban J connectivity index is 2.39. The number of nitrogens with zero attached hydrogens (tertiary/aromatic N) is 2. The van der Waals surface area contributed by atoms with E-state index in [-0.39, 0.29) is 0 Å². The standard InChI is InChI=1S/C15H10N2O/c1-10-2-3-13-14(11-4-5-18-9-11)7-12(8-16)17-15(13)6-10/h2-7,9H,1H3. The van der Waals surface area contributed by atoms with Gasteiger partial charge in [0.2, 0.25) is 0 Å². The second-order valence-electron chi connectivity index (χ2n) is 4.20. The van der Waals surface area contributed by atoms with Crippen LogP contribution in [0.15, 0.2) is 47.3 Å². The van der Waals surface area contributed by atoms with Gasteiger partial charge in [-0.1, -0.05) is 12.1 Å². The van der Waals surface area contributed by atoms with Crippen molar-refractivity contribution in [3.8, 4) is 17.2 Å². The third-order valence-corrected chi connectivity index (χ3v) is 2.91. The Labute approximate surface area is 104 Å². The van der Waals surface area contributed by atoms with Gasteiger partial charge in [-0.25, -0.2) is 4.98 Å². The van der Waals surface area contributed by atoms with Crippen LogP contribution in [0.3, 0.4) is 0 Å². The molecule has 3 rings (SSSR count). The topological polar surface area (TPSA) is 49.8 Å². The lowest BCUT2D eigenvalue weighted by molar-refractivity contribution is 0.568. The van der Waals surface area contributed by atoms with Gasteiger partial charge in [0.15, 0.2) is 0 Å². The molecule has 18 heavy (non-hydrogen) atoms. The number of benzene rings is 1. The summed E-state index contributed by atoms with van der Waals surface area (Å²) in [6.45, 7) is 2.01. The van der Waals surface area contributed by atoms with Crippen LogP contribution in [0.1, 0.15) is 11.3 Å². The Morgan fingerprint density at radius 3 is 2.83 bits per heavy atom. The van der Waals surface area contributed by atoms with Gasteiger partial charge in [-0.05, 0) is 36.2 Å². The molecule has 0 unspecified atom stereocenters. The molecule has 3 nitrogen and oxygen atoms in total. The maximum atomic E-state index is 9.05. The molecule has 0 bridgehead atoms. The molecule has 0 aliphatic carbocycles. The van der Waals surface area contributed by atoms with Crippen LogP contribution in [-0.2, 0) is 0 Å². The number of furan rings is 1. The molecule has 2 aromatic heterocycles. The van der Waals surface area contributed by atoms with E-state index >= 15 is 0 Å². The minimum Gasteiger partial charge on any atom is -0.472 e. The van der Waals surface area contributed by atoms with E-state index in [1.54, 1.807) is 18.6 Å². The molecule has 0 fully saturated rings. The number of nitriles is 1. The number of hydrogen-bond acceptors (Lipinski definition) is 3. The van der Waals surface area contributed by atoms with Crippen LogP contribution in [-0.4, -0.2) is 4.98 Å². The number of rotatable bonds is 1. The van der Waals surface area contributed by atoms with Crippen molar-refractivity contribution in [1.29, 1.82) is 5.26 Å². The first-order chi connectivity index (χ1) is 8.78. The zero-order valence-corrected chi connectivity index (χ0v) is 9.84. The number of aryl methyl sites for hydroxylation is 1. The van der Waals surface area contributed by atoms with E-state index in [9.17, 15) is 0 Å².